The number of aromatic amines is 1. The molecule has 0 aliphatic carbocycles. The Hall–Kier alpha value is -2.03. The third-order valence-corrected chi connectivity index (χ3v) is 4.28. The summed E-state index contributed by atoms with van der Waals surface area (Å²) < 4.78 is 2.06. The number of aryl methyl sites for hydroxylation is 3. The number of halogens is 1. The zero-order valence-corrected chi connectivity index (χ0v) is 18.6. The second-order valence-corrected chi connectivity index (χ2v) is 6.51. The Morgan fingerprint density at radius 3 is 2.70 bits per heavy atom. The van der Waals surface area contributed by atoms with E-state index in [1.807, 2.05) is 13.0 Å². The molecule has 0 saturated carbocycles. The van der Waals surface area contributed by atoms with Crippen molar-refractivity contribution in [3.63, 3.8) is 0 Å². The molecule has 2 aromatic heterocycles. The topological polar surface area (TPSA) is 70.0 Å². The molecule has 1 aromatic carbocycles. The van der Waals surface area contributed by atoms with E-state index in [0.717, 1.165) is 48.9 Å². The van der Waals surface area contributed by atoms with Crippen LogP contribution in [-0.4, -0.2) is 33.8 Å². The van der Waals surface area contributed by atoms with Gasteiger partial charge in [0.2, 0.25) is 0 Å². The summed E-state index contributed by atoms with van der Waals surface area (Å²) in [6, 6.07) is 12.6. The molecule has 3 N–H and O–H groups in total. The van der Waals surface area contributed by atoms with Crippen molar-refractivity contribution >= 4 is 40.8 Å². The summed E-state index contributed by atoms with van der Waals surface area (Å²) in [5.41, 5.74) is 4.55. The zero-order valence-electron chi connectivity index (χ0n) is 16.2. The lowest BCUT2D eigenvalue weighted by atomic mass is 10.2. The van der Waals surface area contributed by atoms with Crippen LogP contribution in [0.25, 0.3) is 10.9 Å². The van der Waals surface area contributed by atoms with E-state index in [-0.39, 0.29) is 24.0 Å². The average molecular weight is 480 g/mol. The number of hydrogen-bond donors (Lipinski definition) is 3. The van der Waals surface area contributed by atoms with Crippen LogP contribution < -0.4 is 10.6 Å². The fourth-order valence-electron chi connectivity index (χ4n) is 3.06. The van der Waals surface area contributed by atoms with Crippen LogP contribution in [0, 0.1) is 13.8 Å². The van der Waals surface area contributed by atoms with E-state index in [9.17, 15) is 0 Å². The Balaban J connectivity index is 0.00000261. The molecule has 0 aliphatic heterocycles. The molecule has 0 spiro atoms. The third kappa shape index (κ3) is 5.98. The molecule has 146 valence electrons. The van der Waals surface area contributed by atoms with Gasteiger partial charge in [-0.15, -0.1) is 24.0 Å². The molecular weight excluding hydrogens is 451 g/mol. The lowest BCUT2D eigenvalue weighted by Crippen LogP contribution is -2.38. The smallest absolute Gasteiger partial charge is 0.191 e. The number of aliphatic imine (C=N–C) groups is 1. The number of guanidine groups is 1. The largest absolute Gasteiger partial charge is 0.357 e. The summed E-state index contributed by atoms with van der Waals surface area (Å²) in [7, 11) is 0. The Labute approximate surface area is 177 Å². The zero-order chi connectivity index (χ0) is 18.4. The standard InChI is InChI=1S/C20H28N6.HI/c1-4-21-20(22-10-7-11-26-16(3)12-15(2)25-26)23-14-18-13-17-8-5-6-9-19(17)24-18;/h5-6,8-9,12-13,24H,4,7,10-11,14H2,1-3H3,(H2,21,22,23);1H. The maximum Gasteiger partial charge on any atom is 0.191 e. The van der Waals surface area contributed by atoms with Gasteiger partial charge in [0, 0.05) is 36.5 Å². The first-order chi connectivity index (χ1) is 12.7. The third-order valence-electron chi connectivity index (χ3n) is 4.28. The van der Waals surface area contributed by atoms with Crippen molar-refractivity contribution < 1.29 is 0 Å². The Bertz CT molecular complexity index is 847. The number of para-hydroxylation sites is 1. The van der Waals surface area contributed by atoms with Gasteiger partial charge in [0.05, 0.1) is 12.2 Å². The van der Waals surface area contributed by atoms with Crippen LogP contribution in [0.15, 0.2) is 41.4 Å². The van der Waals surface area contributed by atoms with Gasteiger partial charge in [-0.3, -0.25) is 4.68 Å². The van der Waals surface area contributed by atoms with Crippen LogP contribution in [0.5, 0.6) is 0 Å². The average Bonchev–Trinajstić information content (AvgIpc) is 3.18. The summed E-state index contributed by atoms with van der Waals surface area (Å²) in [6.45, 7) is 9.44. The van der Waals surface area contributed by atoms with Gasteiger partial charge in [0.1, 0.15) is 0 Å². The molecule has 7 heteroatoms. The quantitative estimate of drug-likeness (QED) is 0.209. The van der Waals surface area contributed by atoms with E-state index in [0.29, 0.717) is 6.54 Å². The van der Waals surface area contributed by atoms with E-state index in [4.69, 9.17) is 0 Å². The molecule has 6 nitrogen and oxygen atoms in total. The van der Waals surface area contributed by atoms with Gasteiger partial charge >= 0.3 is 0 Å². The van der Waals surface area contributed by atoms with E-state index in [2.05, 4.69) is 74.6 Å². The first kappa shape index (κ1) is 21.3. The van der Waals surface area contributed by atoms with E-state index >= 15 is 0 Å². The fourth-order valence-corrected chi connectivity index (χ4v) is 3.06. The highest BCUT2D eigenvalue weighted by molar-refractivity contribution is 14.0. The predicted octanol–water partition coefficient (Wildman–Crippen LogP) is 3.74. The van der Waals surface area contributed by atoms with E-state index in [1.54, 1.807) is 0 Å². The lowest BCUT2D eigenvalue weighted by Gasteiger charge is -2.11. The summed E-state index contributed by atoms with van der Waals surface area (Å²) >= 11 is 0. The molecule has 27 heavy (non-hydrogen) atoms. The first-order valence-electron chi connectivity index (χ1n) is 9.25. The van der Waals surface area contributed by atoms with Crippen molar-refractivity contribution in [2.24, 2.45) is 4.99 Å². The number of rotatable bonds is 7. The maximum atomic E-state index is 4.69. The molecule has 0 atom stereocenters. The monoisotopic (exact) mass is 480 g/mol. The summed E-state index contributed by atoms with van der Waals surface area (Å²) in [5, 5.41) is 12.4. The number of nitrogens with one attached hydrogen (secondary N) is 3. The van der Waals surface area contributed by atoms with Gasteiger partial charge in [-0.05, 0) is 50.8 Å². The molecule has 0 bridgehead atoms. The van der Waals surface area contributed by atoms with Gasteiger partial charge in [-0.25, -0.2) is 4.99 Å². The van der Waals surface area contributed by atoms with Crippen molar-refractivity contribution in [3.8, 4) is 0 Å². The van der Waals surface area contributed by atoms with Crippen molar-refractivity contribution in [1.82, 2.24) is 25.4 Å². The molecule has 0 amide bonds. The molecule has 0 radical (unpaired) electrons. The number of benzene rings is 1. The number of nitrogens with zero attached hydrogens (tertiary/aromatic N) is 3. The molecule has 0 saturated heterocycles. The molecular formula is C20H29IN6. The Morgan fingerprint density at radius 2 is 2.00 bits per heavy atom. The lowest BCUT2D eigenvalue weighted by molar-refractivity contribution is 0.555. The van der Waals surface area contributed by atoms with Crippen LogP contribution in [0.3, 0.4) is 0 Å². The van der Waals surface area contributed by atoms with Crippen molar-refractivity contribution in [3.05, 3.63) is 53.5 Å². The highest BCUT2D eigenvalue weighted by Gasteiger charge is 2.03. The van der Waals surface area contributed by atoms with Gasteiger partial charge in [0.15, 0.2) is 5.96 Å². The van der Waals surface area contributed by atoms with E-state index in [1.165, 1.54) is 11.1 Å². The number of hydrogen-bond acceptors (Lipinski definition) is 2. The fraction of sp³-hybridized carbons (Fsp3) is 0.400. The van der Waals surface area contributed by atoms with Crippen LogP contribution in [0.2, 0.25) is 0 Å². The maximum absolute atomic E-state index is 4.69. The van der Waals surface area contributed by atoms with Crippen molar-refractivity contribution in [1.29, 1.82) is 0 Å². The van der Waals surface area contributed by atoms with Crippen LogP contribution >= 0.6 is 24.0 Å². The van der Waals surface area contributed by atoms with Gasteiger partial charge in [-0.2, -0.15) is 5.10 Å². The highest BCUT2D eigenvalue weighted by atomic mass is 127. The molecule has 0 fully saturated rings. The molecule has 0 aliphatic rings. The summed E-state index contributed by atoms with van der Waals surface area (Å²) in [6.07, 6.45) is 0.999. The molecule has 0 unspecified atom stereocenters. The number of H-pyrrole nitrogens is 1. The predicted molar refractivity (Wildman–Crippen MR) is 123 cm³/mol. The summed E-state index contributed by atoms with van der Waals surface area (Å²) in [5.74, 6) is 0.847. The minimum Gasteiger partial charge on any atom is -0.357 e. The Kier molecular flexibility index (Phi) is 8.15. The molecule has 3 aromatic rings. The van der Waals surface area contributed by atoms with Crippen LogP contribution in [0.1, 0.15) is 30.4 Å². The van der Waals surface area contributed by atoms with Crippen LogP contribution in [-0.2, 0) is 13.1 Å². The normalized spacial score (nSPS) is 11.4. The van der Waals surface area contributed by atoms with Crippen molar-refractivity contribution in [2.45, 2.75) is 40.3 Å². The minimum atomic E-state index is 0. The molecule has 3 rings (SSSR count). The SMILES string of the molecule is CCNC(=NCc1cc2ccccc2[nH]1)NCCCn1nc(C)cc1C.I. The second kappa shape index (κ2) is 10.3. The van der Waals surface area contributed by atoms with Gasteiger partial charge in [0.25, 0.3) is 0 Å². The number of fused-ring (bicyclic) bond motifs is 1. The Morgan fingerprint density at radius 1 is 1.19 bits per heavy atom. The highest BCUT2D eigenvalue weighted by Crippen LogP contribution is 2.15. The summed E-state index contributed by atoms with van der Waals surface area (Å²) in [4.78, 5) is 8.10. The van der Waals surface area contributed by atoms with Gasteiger partial charge in [-0.1, -0.05) is 18.2 Å². The van der Waals surface area contributed by atoms with E-state index < -0.39 is 0 Å². The van der Waals surface area contributed by atoms with Gasteiger partial charge < -0.3 is 15.6 Å². The number of aromatic nitrogens is 3. The first-order valence-corrected chi connectivity index (χ1v) is 9.25. The van der Waals surface area contributed by atoms with Crippen molar-refractivity contribution in [2.75, 3.05) is 13.1 Å². The second-order valence-electron chi connectivity index (χ2n) is 6.51. The van der Waals surface area contributed by atoms with Crippen LogP contribution in [0.4, 0.5) is 0 Å². The molecule has 2 heterocycles. The minimum absolute atomic E-state index is 0.